The van der Waals surface area contributed by atoms with Crippen LogP contribution in [0.25, 0.3) is 22.3 Å². The lowest BCUT2D eigenvalue weighted by Gasteiger charge is -2.23. The van der Waals surface area contributed by atoms with E-state index in [1.54, 1.807) is 71.6 Å². The zero-order valence-corrected chi connectivity index (χ0v) is 23.2. The monoisotopic (exact) mass is 557 g/mol. The fourth-order valence-electron chi connectivity index (χ4n) is 4.61. The molecule has 0 heterocycles. The molecule has 0 saturated heterocycles. The van der Waals surface area contributed by atoms with Crippen LogP contribution >= 0.6 is 0 Å². The maximum Gasteiger partial charge on any atom is 0.343 e. The van der Waals surface area contributed by atoms with Crippen molar-refractivity contribution in [3.63, 3.8) is 0 Å². The van der Waals surface area contributed by atoms with Crippen molar-refractivity contribution in [3.8, 4) is 39.5 Å². The Labute approximate surface area is 245 Å². The number of unbranched alkanes of at least 4 members (excludes halogenated alkanes) is 1. The molecular weight excluding hydrogens is 526 g/mol. The van der Waals surface area contributed by atoms with E-state index in [2.05, 4.69) is 6.92 Å². The number of aromatic hydroxyl groups is 2. The number of nitrogens with zero attached hydrogens (tertiary/aromatic N) is 1. The van der Waals surface area contributed by atoms with Crippen LogP contribution in [0.5, 0.6) is 17.2 Å². The molecule has 0 aliphatic carbocycles. The topological polar surface area (TPSA) is 87.1 Å². The largest absolute Gasteiger partial charge is 0.508 e. The van der Waals surface area contributed by atoms with E-state index < -0.39 is 5.97 Å². The molecule has 0 unspecified atom stereocenters. The number of amides is 1. The number of carbonyl (C=O) groups excluding carboxylic acids is 2. The van der Waals surface area contributed by atoms with Crippen LogP contribution in [0.3, 0.4) is 0 Å². The van der Waals surface area contributed by atoms with Crippen LogP contribution in [-0.4, -0.2) is 28.6 Å². The molecule has 6 nitrogen and oxygen atoms in total. The highest BCUT2D eigenvalue weighted by Gasteiger charge is 2.19. The van der Waals surface area contributed by atoms with E-state index in [4.69, 9.17) is 4.74 Å². The molecule has 42 heavy (non-hydrogen) atoms. The number of carbonyl (C=O) groups is 2. The Bertz CT molecular complexity index is 1660. The van der Waals surface area contributed by atoms with Crippen LogP contribution in [0.2, 0.25) is 0 Å². The van der Waals surface area contributed by atoms with Gasteiger partial charge in [-0.05, 0) is 89.3 Å². The second-order valence-electron chi connectivity index (χ2n) is 9.95. The molecule has 0 saturated carbocycles. The van der Waals surface area contributed by atoms with Gasteiger partial charge >= 0.3 is 5.97 Å². The van der Waals surface area contributed by atoms with Gasteiger partial charge in [0.2, 0.25) is 0 Å². The Morgan fingerprint density at radius 2 is 1.12 bits per heavy atom. The van der Waals surface area contributed by atoms with Crippen molar-refractivity contribution in [2.75, 3.05) is 11.4 Å². The molecule has 5 rings (SSSR count). The van der Waals surface area contributed by atoms with Crippen LogP contribution in [0, 0.1) is 0 Å². The summed E-state index contributed by atoms with van der Waals surface area (Å²) in [4.78, 5) is 28.3. The fraction of sp³-hybridized carbons (Fsp3) is 0.111. The fourth-order valence-corrected chi connectivity index (χ4v) is 4.61. The van der Waals surface area contributed by atoms with E-state index in [1.807, 2.05) is 54.6 Å². The van der Waals surface area contributed by atoms with Crippen LogP contribution in [0.4, 0.5) is 5.69 Å². The highest BCUT2D eigenvalue weighted by atomic mass is 16.5. The predicted molar refractivity (Wildman–Crippen MR) is 165 cm³/mol. The molecule has 5 aromatic rings. The summed E-state index contributed by atoms with van der Waals surface area (Å²) in [7, 11) is 0. The summed E-state index contributed by atoms with van der Waals surface area (Å²) < 4.78 is 5.69. The number of esters is 1. The van der Waals surface area contributed by atoms with E-state index >= 15 is 0 Å². The number of anilines is 1. The van der Waals surface area contributed by atoms with Crippen molar-refractivity contribution in [1.29, 1.82) is 0 Å². The van der Waals surface area contributed by atoms with Crippen molar-refractivity contribution < 1.29 is 24.5 Å². The van der Waals surface area contributed by atoms with Crippen molar-refractivity contribution in [1.82, 2.24) is 0 Å². The first kappa shape index (κ1) is 28.2. The van der Waals surface area contributed by atoms with Gasteiger partial charge in [0.1, 0.15) is 17.2 Å². The minimum absolute atomic E-state index is 0.144. The number of hydrogen-bond donors (Lipinski definition) is 2. The zero-order valence-electron chi connectivity index (χ0n) is 23.2. The molecule has 0 atom stereocenters. The van der Waals surface area contributed by atoms with Crippen molar-refractivity contribution in [2.24, 2.45) is 0 Å². The summed E-state index contributed by atoms with van der Waals surface area (Å²) in [6, 6.07) is 35.2. The number of hydrogen-bond acceptors (Lipinski definition) is 5. The normalized spacial score (nSPS) is 10.7. The van der Waals surface area contributed by atoms with Gasteiger partial charge in [0.05, 0.1) is 5.56 Å². The number of phenolic OH excluding ortho intramolecular Hbond substituents is 2. The molecule has 0 bridgehead atoms. The maximum atomic E-state index is 13.6. The van der Waals surface area contributed by atoms with E-state index in [-0.39, 0.29) is 17.4 Å². The van der Waals surface area contributed by atoms with Gasteiger partial charge in [0.25, 0.3) is 5.91 Å². The van der Waals surface area contributed by atoms with Gasteiger partial charge in [0.15, 0.2) is 0 Å². The van der Waals surface area contributed by atoms with E-state index in [0.717, 1.165) is 35.1 Å². The highest BCUT2D eigenvalue weighted by molar-refractivity contribution is 6.06. The van der Waals surface area contributed by atoms with Crippen molar-refractivity contribution in [3.05, 3.63) is 132 Å². The van der Waals surface area contributed by atoms with Gasteiger partial charge in [0, 0.05) is 23.9 Å². The van der Waals surface area contributed by atoms with Crippen LogP contribution in [0.15, 0.2) is 121 Å². The van der Waals surface area contributed by atoms with Gasteiger partial charge in [-0.2, -0.15) is 0 Å². The van der Waals surface area contributed by atoms with Crippen molar-refractivity contribution in [2.45, 2.75) is 19.8 Å². The summed E-state index contributed by atoms with van der Waals surface area (Å²) in [5.41, 5.74) is 5.31. The highest BCUT2D eigenvalue weighted by Crippen LogP contribution is 2.27. The van der Waals surface area contributed by atoms with Gasteiger partial charge in [-0.1, -0.05) is 67.9 Å². The third-order valence-corrected chi connectivity index (χ3v) is 6.97. The summed E-state index contributed by atoms with van der Waals surface area (Å²) >= 11 is 0. The van der Waals surface area contributed by atoms with Crippen molar-refractivity contribution >= 4 is 17.6 Å². The van der Waals surface area contributed by atoms with Gasteiger partial charge in [-0.3, -0.25) is 4.79 Å². The molecule has 0 spiro atoms. The molecule has 0 radical (unpaired) electrons. The van der Waals surface area contributed by atoms with Crippen LogP contribution in [0.1, 0.15) is 40.5 Å². The third kappa shape index (κ3) is 6.67. The first-order chi connectivity index (χ1) is 20.4. The molecule has 0 aromatic heterocycles. The zero-order chi connectivity index (χ0) is 29.5. The van der Waals surface area contributed by atoms with E-state index in [9.17, 15) is 19.8 Å². The number of benzene rings is 5. The lowest BCUT2D eigenvalue weighted by atomic mass is 10.0. The summed E-state index contributed by atoms with van der Waals surface area (Å²) in [5.74, 6) is 0.0972. The van der Waals surface area contributed by atoms with Gasteiger partial charge in [-0.25, -0.2) is 4.79 Å². The third-order valence-electron chi connectivity index (χ3n) is 6.97. The molecule has 5 aromatic carbocycles. The summed E-state index contributed by atoms with van der Waals surface area (Å²) in [6.07, 6.45) is 1.73. The lowest BCUT2D eigenvalue weighted by molar-refractivity contribution is 0.0735. The number of phenols is 2. The average molecular weight is 558 g/mol. The lowest BCUT2D eigenvalue weighted by Crippen LogP contribution is -2.32. The first-order valence-corrected chi connectivity index (χ1v) is 13.8. The first-order valence-electron chi connectivity index (χ1n) is 13.8. The molecule has 0 aliphatic rings. The summed E-state index contributed by atoms with van der Waals surface area (Å²) in [5, 5.41) is 19.1. The molecular formula is C36H31NO5. The standard InChI is InChI=1S/C36H31NO5/c1-2-3-23-37(35(40)29-11-7-25(8-12-29)27-15-19-32(38)20-16-27)31-5-4-6-34(24-31)42-36(41)30-13-9-26(10-14-30)28-17-21-33(39)22-18-28/h4-22,24,38-39H,2-3,23H2,1H3. The molecule has 0 aliphatic heterocycles. The quantitative estimate of drug-likeness (QED) is 0.141. The minimum atomic E-state index is -0.499. The Hall–Kier alpha value is -5.36. The van der Waals surface area contributed by atoms with Crippen LogP contribution in [-0.2, 0) is 0 Å². The molecule has 210 valence electrons. The number of rotatable bonds is 9. The summed E-state index contributed by atoms with van der Waals surface area (Å²) in [6.45, 7) is 2.59. The molecule has 6 heteroatoms. The molecule has 0 fully saturated rings. The van der Waals surface area contributed by atoms with Gasteiger partial charge < -0.3 is 19.8 Å². The second kappa shape index (κ2) is 12.9. The predicted octanol–water partition coefficient (Wildman–Crippen LogP) is 8.10. The van der Waals surface area contributed by atoms with E-state index in [1.165, 1.54) is 0 Å². The molecule has 1 amide bonds. The molecule has 2 N–H and O–H groups in total. The Morgan fingerprint density at radius 1 is 0.643 bits per heavy atom. The Morgan fingerprint density at radius 3 is 1.62 bits per heavy atom. The van der Waals surface area contributed by atoms with Crippen LogP contribution < -0.4 is 9.64 Å². The average Bonchev–Trinajstić information content (AvgIpc) is 3.02. The second-order valence-corrected chi connectivity index (χ2v) is 9.95. The van der Waals surface area contributed by atoms with E-state index in [0.29, 0.717) is 29.1 Å². The number of ether oxygens (including phenoxy) is 1. The minimum Gasteiger partial charge on any atom is -0.508 e. The smallest absolute Gasteiger partial charge is 0.343 e. The Kier molecular flexibility index (Phi) is 8.64. The van der Waals surface area contributed by atoms with Gasteiger partial charge in [-0.15, -0.1) is 0 Å². The maximum absolute atomic E-state index is 13.6. The SMILES string of the molecule is CCCCN(C(=O)c1ccc(-c2ccc(O)cc2)cc1)c1cccc(OC(=O)c2ccc(-c3ccc(O)cc3)cc2)c1. The Balaban J connectivity index is 1.31.